The Bertz CT molecular complexity index is 1300. The second-order valence-corrected chi connectivity index (χ2v) is 9.08. The maximum Gasteiger partial charge on any atom is 0.312 e. The van der Waals surface area contributed by atoms with Crippen molar-refractivity contribution in [2.24, 2.45) is 0 Å². The highest BCUT2D eigenvalue weighted by molar-refractivity contribution is 7.92. The molecule has 1 aromatic carbocycles. The van der Waals surface area contributed by atoms with E-state index < -0.39 is 14.9 Å². The van der Waals surface area contributed by atoms with Gasteiger partial charge in [-0.05, 0) is 58.0 Å². The first-order valence-corrected chi connectivity index (χ1v) is 11.4. The predicted octanol–water partition coefficient (Wildman–Crippen LogP) is 2.64. The topological polar surface area (TPSA) is 162 Å². The van der Waals surface area contributed by atoms with Crippen LogP contribution >= 0.6 is 0 Å². The van der Waals surface area contributed by atoms with Crippen LogP contribution in [0.3, 0.4) is 0 Å². The molecule has 0 aliphatic rings. The Morgan fingerprint density at radius 2 is 1.70 bits per heavy atom. The summed E-state index contributed by atoms with van der Waals surface area (Å²) >= 11 is 0. The molecule has 1 amide bonds. The summed E-state index contributed by atoms with van der Waals surface area (Å²) in [6.45, 7) is 6.75. The van der Waals surface area contributed by atoms with E-state index in [0.29, 0.717) is 22.8 Å². The molecular weight excluding hydrogens is 450 g/mol. The lowest BCUT2D eigenvalue weighted by molar-refractivity contribution is -0.386. The Morgan fingerprint density at radius 1 is 1.09 bits per heavy atom. The first-order chi connectivity index (χ1) is 15.5. The molecule has 2 heterocycles. The van der Waals surface area contributed by atoms with Gasteiger partial charge in [0.15, 0.2) is 0 Å². The summed E-state index contributed by atoms with van der Waals surface area (Å²) in [6, 6.07) is 7.35. The van der Waals surface area contributed by atoms with Crippen molar-refractivity contribution in [1.82, 2.24) is 19.7 Å². The van der Waals surface area contributed by atoms with Crippen LogP contribution in [-0.4, -0.2) is 39.0 Å². The molecule has 0 fully saturated rings. The number of carbonyl (C=O) groups is 1. The zero-order valence-electron chi connectivity index (χ0n) is 18.5. The van der Waals surface area contributed by atoms with Gasteiger partial charge in [0.25, 0.3) is 10.0 Å². The molecule has 174 valence electrons. The minimum Gasteiger partial charge on any atom is -0.326 e. The number of anilines is 2. The number of aromatic nitrogens is 4. The highest BCUT2D eigenvalue weighted by atomic mass is 32.2. The molecule has 3 rings (SSSR count). The van der Waals surface area contributed by atoms with Crippen molar-refractivity contribution >= 4 is 33.3 Å². The fourth-order valence-electron chi connectivity index (χ4n) is 3.27. The third-order valence-corrected chi connectivity index (χ3v) is 6.08. The fraction of sp³-hybridized carbons (Fsp3) is 0.300. The van der Waals surface area contributed by atoms with E-state index in [1.165, 1.54) is 28.9 Å². The standard InChI is InChI=1S/C20H23N7O5S/c1-12-11-13(2)22-20(21-12)25-33(31,32)17-7-5-16(6-8-17)23-18(28)9-10-26-15(4)19(27(29)30)14(3)24-26/h5-8,11H,9-10H2,1-4H3,(H,23,28)(H,21,22,25). The number of nitrogens with one attached hydrogen (secondary N) is 2. The molecular formula is C20H23N7O5S. The lowest BCUT2D eigenvalue weighted by atomic mass is 10.3. The zero-order valence-corrected chi connectivity index (χ0v) is 19.3. The first kappa shape index (κ1) is 23.8. The van der Waals surface area contributed by atoms with Crippen LogP contribution < -0.4 is 10.0 Å². The smallest absolute Gasteiger partial charge is 0.312 e. The Kier molecular flexibility index (Phi) is 6.72. The summed E-state index contributed by atoms with van der Waals surface area (Å²) in [5.74, 6) is -0.364. The molecule has 0 saturated carbocycles. The zero-order chi connectivity index (χ0) is 24.3. The number of benzene rings is 1. The molecule has 0 radical (unpaired) electrons. The summed E-state index contributed by atoms with van der Waals surface area (Å²) in [4.78, 5) is 31.0. The second-order valence-electron chi connectivity index (χ2n) is 7.40. The van der Waals surface area contributed by atoms with Crippen LogP contribution in [0.5, 0.6) is 0 Å². The highest BCUT2D eigenvalue weighted by Crippen LogP contribution is 2.22. The van der Waals surface area contributed by atoms with Crippen LogP contribution in [0.1, 0.15) is 29.2 Å². The summed E-state index contributed by atoms with van der Waals surface area (Å²) in [7, 11) is -3.91. The van der Waals surface area contributed by atoms with Crippen molar-refractivity contribution in [2.75, 3.05) is 10.0 Å². The van der Waals surface area contributed by atoms with E-state index in [2.05, 4.69) is 25.1 Å². The maximum absolute atomic E-state index is 12.6. The van der Waals surface area contributed by atoms with E-state index in [1.807, 2.05) is 0 Å². The van der Waals surface area contributed by atoms with Gasteiger partial charge in [0.1, 0.15) is 11.4 Å². The van der Waals surface area contributed by atoms with E-state index in [4.69, 9.17) is 0 Å². The lowest BCUT2D eigenvalue weighted by Gasteiger charge is -2.10. The van der Waals surface area contributed by atoms with E-state index in [9.17, 15) is 23.3 Å². The van der Waals surface area contributed by atoms with Crippen molar-refractivity contribution < 1.29 is 18.1 Å². The van der Waals surface area contributed by atoms with E-state index in [0.717, 1.165) is 0 Å². The summed E-state index contributed by atoms with van der Waals surface area (Å²) in [5, 5.41) is 17.9. The molecule has 0 atom stereocenters. The average Bonchev–Trinajstić information content (AvgIpc) is 2.99. The van der Waals surface area contributed by atoms with Crippen LogP contribution in [0.15, 0.2) is 35.2 Å². The quantitative estimate of drug-likeness (QED) is 0.373. The molecule has 0 unspecified atom stereocenters. The van der Waals surface area contributed by atoms with Crippen molar-refractivity contribution in [2.45, 2.75) is 45.6 Å². The lowest BCUT2D eigenvalue weighted by Crippen LogP contribution is -2.17. The van der Waals surface area contributed by atoms with Gasteiger partial charge in [0, 0.05) is 23.5 Å². The van der Waals surface area contributed by atoms with Gasteiger partial charge in [-0.15, -0.1) is 0 Å². The maximum atomic E-state index is 12.6. The van der Waals surface area contributed by atoms with Gasteiger partial charge in [-0.2, -0.15) is 5.10 Å². The van der Waals surface area contributed by atoms with Crippen molar-refractivity contribution in [3.05, 3.63) is 63.2 Å². The third kappa shape index (κ3) is 5.68. The number of hydrogen-bond acceptors (Lipinski definition) is 8. The van der Waals surface area contributed by atoms with Gasteiger partial charge < -0.3 is 5.32 Å². The van der Waals surface area contributed by atoms with Crippen molar-refractivity contribution in [1.29, 1.82) is 0 Å². The molecule has 0 aliphatic heterocycles. The largest absolute Gasteiger partial charge is 0.326 e. The molecule has 0 saturated heterocycles. The highest BCUT2D eigenvalue weighted by Gasteiger charge is 2.22. The molecule has 0 spiro atoms. The molecule has 0 aliphatic carbocycles. The Balaban J connectivity index is 1.62. The van der Waals surface area contributed by atoms with Gasteiger partial charge in [0.05, 0.1) is 16.4 Å². The molecule has 3 aromatic rings. The Hall–Kier alpha value is -3.87. The molecule has 13 heteroatoms. The van der Waals surface area contributed by atoms with Crippen LogP contribution in [0.4, 0.5) is 17.3 Å². The number of rotatable bonds is 8. The second kappa shape index (κ2) is 9.32. The van der Waals surface area contributed by atoms with Gasteiger partial charge in [-0.1, -0.05) is 0 Å². The number of nitrogens with zero attached hydrogens (tertiary/aromatic N) is 5. The van der Waals surface area contributed by atoms with Crippen molar-refractivity contribution in [3.8, 4) is 0 Å². The predicted molar refractivity (Wildman–Crippen MR) is 120 cm³/mol. The Labute approximate surface area is 190 Å². The van der Waals surface area contributed by atoms with Crippen molar-refractivity contribution in [3.63, 3.8) is 0 Å². The number of aryl methyl sites for hydroxylation is 4. The van der Waals surface area contributed by atoms with Crippen LogP contribution in [-0.2, 0) is 21.4 Å². The molecule has 12 nitrogen and oxygen atoms in total. The van der Waals surface area contributed by atoms with Gasteiger partial charge in [-0.3, -0.25) is 19.6 Å². The molecule has 2 N–H and O–H groups in total. The molecule has 2 aromatic heterocycles. The number of hydrogen-bond donors (Lipinski definition) is 2. The van der Waals surface area contributed by atoms with Crippen LogP contribution in [0.2, 0.25) is 0 Å². The number of carbonyl (C=O) groups excluding carboxylic acids is 1. The molecule has 33 heavy (non-hydrogen) atoms. The first-order valence-electron chi connectivity index (χ1n) is 9.89. The van der Waals surface area contributed by atoms with E-state index in [1.54, 1.807) is 33.8 Å². The van der Waals surface area contributed by atoms with E-state index >= 15 is 0 Å². The summed E-state index contributed by atoms with van der Waals surface area (Å²) in [6.07, 6.45) is 0.0325. The summed E-state index contributed by atoms with van der Waals surface area (Å²) < 4.78 is 28.9. The number of amides is 1. The van der Waals surface area contributed by atoms with Gasteiger partial charge in [0.2, 0.25) is 11.9 Å². The summed E-state index contributed by atoms with van der Waals surface area (Å²) in [5.41, 5.74) is 2.27. The SMILES string of the molecule is Cc1cc(C)nc(NS(=O)(=O)c2ccc(NC(=O)CCn3nc(C)c([N+](=O)[O-])c3C)cc2)n1. The molecule has 0 bridgehead atoms. The number of sulfonamides is 1. The fourth-order valence-corrected chi connectivity index (χ4v) is 4.21. The monoisotopic (exact) mass is 473 g/mol. The van der Waals surface area contributed by atoms with E-state index in [-0.39, 0.29) is 41.1 Å². The number of nitro groups is 1. The minimum absolute atomic E-state index is 0.0155. The minimum atomic E-state index is -3.91. The third-order valence-electron chi connectivity index (χ3n) is 4.73. The Morgan fingerprint density at radius 3 is 2.24 bits per heavy atom. The van der Waals surface area contributed by atoms with Gasteiger partial charge in [-0.25, -0.2) is 23.1 Å². The normalized spacial score (nSPS) is 11.3. The van der Waals surface area contributed by atoms with Crippen LogP contribution in [0.25, 0.3) is 0 Å². The van der Waals surface area contributed by atoms with Gasteiger partial charge >= 0.3 is 5.69 Å². The average molecular weight is 474 g/mol. The van der Waals surface area contributed by atoms with Crippen LogP contribution in [0, 0.1) is 37.8 Å².